The molecule has 0 aromatic heterocycles. The van der Waals surface area contributed by atoms with Crippen LogP contribution in [0.5, 0.6) is 0 Å². The van der Waals surface area contributed by atoms with Gasteiger partial charge >= 0.3 is 0 Å². The lowest BCUT2D eigenvalue weighted by Gasteiger charge is -2.36. The van der Waals surface area contributed by atoms with E-state index in [1.165, 1.54) is 10.5 Å². The van der Waals surface area contributed by atoms with Gasteiger partial charge in [0.05, 0.1) is 0 Å². The van der Waals surface area contributed by atoms with Crippen LogP contribution in [-0.2, 0) is 4.74 Å². The molecule has 1 aromatic rings. The van der Waals surface area contributed by atoms with Gasteiger partial charge in [-0.05, 0) is 69.6 Å². The maximum atomic E-state index is 13.0. The van der Waals surface area contributed by atoms with Gasteiger partial charge in [-0.3, -0.25) is 4.79 Å². The minimum atomic E-state index is -0.0663. The van der Waals surface area contributed by atoms with Crippen LogP contribution in [0.2, 0.25) is 5.02 Å². The summed E-state index contributed by atoms with van der Waals surface area (Å²) in [6.45, 7) is 9.33. The Morgan fingerprint density at radius 3 is 2.79 bits per heavy atom. The van der Waals surface area contributed by atoms with Gasteiger partial charge in [0.2, 0.25) is 0 Å². The van der Waals surface area contributed by atoms with Crippen LogP contribution in [-0.4, -0.2) is 38.3 Å². The normalized spacial score (nSPS) is 17.9. The third-order valence-electron chi connectivity index (χ3n) is 5.75. The Morgan fingerprint density at radius 1 is 1.31 bits per heavy atom. The van der Waals surface area contributed by atoms with E-state index < -0.39 is 0 Å². The molecular weight excluding hydrogens is 404 g/mol. The van der Waals surface area contributed by atoms with Crippen LogP contribution < -0.4 is 10.2 Å². The van der Waals surface area contributed by atoms with Crippen molar-refractivity contribution in [1.82, 2.24) is 5.32 Å². The number of benzene rings is 1. The van der Waals surface area contributed by atoms with Crippen molar-refractivity contribution in [2.24, 2.45) is 0 Å². The summed E-state index contributed by atoms with van der Waals surface area (Å²) in [4.78, 5) is 16.6. The molecule has 0 spiro atoms. The summed E-state index contributed by atoms with van der Waals surface area (Å²) in [5.41, 5.74) is 4.05. The van der Waals surface area contributed by atoms with Gasteiger partial charge in [-0.15, -0.1) is 11.8 Å². The van der Waals surface area contributed by atoms with Gasteiger partial charge in [0, 0.05) is 53.5 Å². The first-order valence-corrected chi connectivity index (χ1v) is 11.7. The number of rotatable bonds is 6. The van der Waals surface area contributed by atoms with Gasteiger partial charge in [-0.1, -0.05) is 23.3 Å². The summed E-state index contributed by atoms with van der Waals surface area (Å²) in [5, 5.41) is 5.83. The molecule has 158 valence electrons. The molecular formula is C23H31ClN2O2S. The van der Waals surface area contributed by atoms with Crippen molar-refractivity contribution in [3.63, 3.8) is 0 Å². The second-order valence-electron chi connectivity index (χ2n) is 7.64. The Hall–Kier alpha value is -1.43. The minimum absolute atomic E-state index is 0.0663. The van der Waals surface area contributed by atoms with Gasteiger partial charge in [-0.25, -0.2) is 0 Å². The zero-order valence-corrected chi connectivity index (χ0v) is 19.2. The molecule has 3 rings (SSSR count). The van der Waals surface area contributed by atoms with Crippen LogP contribution in [0.4, 0.5) is 5.69 Å². The number of amides is 1. The monoisotopic (exact) mass is 434 g/mol. The van der Waals surface area contributed by atoms with Crippen LogP contribution >= 0.6 is 23.4 Å². The van der Waals surface area contributed by atoms with Crippen LogP contribution in [0.25, 0.3) is 0 Å². The average molecular weight is 435 g/mol. The van der Waals surface area contributed by atoms with Crippen molar-refractivity contribution in [3.05, 3.63) is 50.2 Å². The first kappa shape index (κ1) is 22.3. The fourth-order valence-corrected chi connectivity index (χ4v) is 5.08. The summed E-state index contributed by atoms with van der Waals surface area (Å²) in [5.74, 6) is -0.0663. The van der Waals surface area contributed by atoms with Crippen molar-refractivity contribution in [2.45, 2.75) is 52.5 Å². The third kappa shape index (κ3) is 5.59. The number of hydrogen-bond donors (Lipinski definition) is 1. The Bertz CT molecular complexity index is 800. The lowest BCUT2D eigenvalue weighted by atomic mass is 10.0. The molecule has 0 bridgehead atoms. The number of allylic oxidation sites excluding steroid dienone is 2. The molecule has 0 aliphatic carbocycles. The number of anilines is 1. The number of hydrogen-bond acceptors (Lipinski definition) is 4. The Kier molecular flexibility index (Phi) is 8.10. The van der Waals surface area contributed by atoms with Crippen molar-refractivity contribution < 1.29 is 9.53 Å². The van der Waals surface area contributed by atoms with E-state index in [9.17, 15) is 4.79 Å². The molecule has 0 atom stereocenters. The lowest BCUT2D eigenvalue weighted by molar-refractivity contribution is 0.0846. The van der Waals surface area contributed by atoms with Crippen LogP contribution in [0.15, 0.2) is 34.1 Å². The van der Waals surface area contributed by atoms with E-state index in [1.54, 1.807) is 17.8 Å². The van der Waals surface area contributed by atoms with E-state index >= 15 is 0 Å². The molecule has 4 nitrogen and oxygen atoms in total. The third-order valence-corrected chi connectivity index (χ3v) is 7.07. The maximum absolute atomic E-state index is 13.0. The first-order valence-electron chi connectivity index (χ1n) is 10.4. The van der Waals surface area contributed by atoms with Gasteiger partial charge in [0.15, 0.2) is 0 Å². The highest BCUT2D eigenvalue weighted by molar-refractivity contribution is 8.05. The van der Waals surface area contributed by atoms with E-state index in [0.717, 1.165) is 56.7 Å². The largest absolute Gasteiger partial charge is 0.381 e. The highest BCUT2D eigenvalue weighted by atomic mass is 35.5. The number of thioether (sulfide) groups is 1. The highest BCUT2D eigenvalue weighted by Gasteiger charge is 2.24. The Morgan fingerprint density at radius 2 is 2.07 bits per heavy atom. The summed E-state index contributed by atoms with van der Waals surface area (Å²) < 4.78 is 5.53. The van der Waals surface area contributed by atoms with Gasteiger partial charge < -0.3 is 15.0 Å². The smallest absolute Gasteiger partial charge is 0.251 e. The van der Waals surface area contributed by atoms with E-state index in [2.05, 4.69) is 35.5 Å². The van der Waals surface area contributed by atoms with E-state index in [1.807, 2.05) is 13.0 Å². The molecule has 2 heterocycles. The van der Waals surface area contributed by atoms with Gasteiger partial charge in [-0.2, -0.15) is 0 Å². The van der Waals surface area contributed by atoms with E-state index in [4.69, 9.17) is 16.3 Å². The quantitative estimate of drug-likeness (QED) is 0.623. The van der Waals surface area contributed by atoms with Gasteiger partial charge in [0.25, 0.3) is 5.91 Å². The molecule has 1 fully saturated rings. The Balaban J connectivity index is 1.80. The van der Waals surface area contributed by atoms with E-state index in [0.29, 0.717) is 23.2 Å². The zero-order valence-electron chi connectivity index (χ0n) is 17.6. The molecule has 1 N–H and O–H groups in total. The number of nitrogens with one attached hydrogen (secondary N) is 1. The Labute approximate surface area is 183 Å². The lowest BCUT2D eigenvalue weighted by Crippen LogP contribution is -2.40. The standard InChI is InChI=1S/C23H31ClN2O2S/c1-4-26(19-8-10-28-11-9-19)21-14-18(24)13-20(17(21)3)23(27)25-15-22-16(2)7-5-6-12-29-22/h6,12-14,19H,4-5,7-11,15H2,1-3H3,(H,25,27). The van der Waals surface area contributed by atoms with Crippen molar-refractivity contribution in [1.29, 1.82) is 0 Å². The fraction of sp³-hybridized carbons (Fsp3) is 0.522. The topological polar surface area (TPSA) is 41.6 Å². The molecule has 0 unspecified atom stereocenters. The fourth-order valence-electron chi connectivity index (χ4n) is 4.01. The molecule has 1 aromatic carbocycles. The van der Waals surface area contributed by atoms with Crippen LogP contribution in [0, 0.1) is 6.92 Å². The molecule has 1 saturated heterocycles. The second kappa shape index (κ2) is 10.6. The summed E-state index contributed by atoms with van der Waals surface area (Å²) in [6.07, 6.45) is 6.29. The van der Waals surface area contributed by atoms with Crippen molar-refractivity contribution in [3.8, 4) is 0 Å². The van der Waals surface area contributed by atoms with Crippen LogP contribution in [0.3, 0.4) is 0 Å². The molecule has 6 heteroatoms. The number of nitrogens with zero attached hydrogens (tertiary/aromatic N) is 1. The molecule has 0 radical (unpaired) electrons. The molecule has 2 aliphatic rings. The maximum Gasteiger partial charge on any atom is 0.251 e. The predicted octanol–water partition coefficient (Wildman–Crippen LogP) is 5.70. The average Bonchev–Trinajstić information content (AvgIpc) is 2.93. The first-order chi connectivity index (χ1) is 14.0. The number of ether oxygens (including phenoxy) is 1. The number of carbonyl (C=O) groups excluding carboxylic acids is 1. The number of halogens is 1. The molecule has 0 saturated carbocycles. The minimum Gasteiger partial charge on any atom is -0.381 e. The highest BCUT2D eigenvalue weighted by Crippen LogP contribution is 2.32. The van der Waals surface area contributed by atoms with E-state index in [-0.39, 0.29) is 5.91 Å². The van der Waals surface area contributed by atoms with Gasteiger partial charge in [0.1, 0.15) is 0 Å². The van der Waals surface area contributed by atoms with Crippen molar-refractivity contribution >= 4 is 35.0 Å². The number of carbonyl (C=O) groups is 1. The molecule has 2 aliphatic heterocycles. The summed E-state index contributed by atoms with van der Waals surface area (Å²) >= 11 is 8.15. The second-order valence-corrected chi connectivity index (χ2v) is 9.08. The van der Waals surface area contributed by atoms with Crippen molar-refractivity contribution in [2.75, 3.05) is 31.2 Å². The summed E-state index contributed by atoms with van der Waals surface area (Å²) in [7, 11) is 0. The molecule has 1 amide bonds. The zero-order chi connectivity index (χ0) is 20.8. The summed E-state index contributed by atoms with van der Waals surface area (Å²) in [6, 6.07) is 4.20. The van der Waals surface area contributed by atoms with Crippen LogP contribution in [0.1, 0.15) is 55.5 Å². The predicted molar refractivity (Wildman–Crippen MR) is 124 cm³/mol. The molecule has 29 heavy (non-hydrogen) atoms. The SMILES string of the molecule is CCN(c1cc(Cl)cc(C(=O)NCC2=C(C)CCC=CS2)c1C)C1CCOCC1.